The van der Waals surface area contributed by atoms with E-state index in [1.165, 1.54) is 12.8 Å². The number of rotatable bonds is 5. The molecule has 1 saturated heterocycles. The summed E-state index contributed by atoms with van der Waals surface area (Å²) in [7, 11) is 1.99. The van der Waals surface area contributed by atoms with Crippen LogP contribution in [0.25, 0.3) is 0 Å². The van der Waals surface area contributed by atoms with E-state index in [-0.39, 0.29) is 6.10 Å². The first kappa shape index (κ1) is 14.1. The predicted octanol–water partition coefficient (Wildman–Crippen LogP) is 1.76. The normalized spacial score (nSPS) is 19.2. The van der Waals surface area contributed by atoms with E-state index in [0.29, 0.717) is 11.9 Å². The summed E-state index contributed by atoms with van der Waals surface area (Å²) in [5.74, 6) is 1.47. The molecular weight excluding hydrogens is 240 g/mol. The van der Waals surface area contributed by atoms with Crippen molar-refractivity contribution in [1.82, 2.24) is 15.3 Å². The van der Waals surface area contributed by atoms with Crippen LogP contribution in [0.3, 0.4) is 0 Å². The molecule has 1 aromatic heterocycles. The third-order valence-corrected chi connectivity index (χ3v) is 3.25. The van der Waals surface area contributed by atoms with E-state index in [2.05, 4.69) is 20.2 Å². The molecule has 1 aliphatic rings. The highest BCUT2D eigenvalue weighted by Crippen LogP contribution is 2.24. The number of hydrogen-bond acceptors (Lipinski definition) is 5. The molecule has 0 aliphatic carbocycles. The molecule has 5 heteroatoms. The fourth-order valence-electron chi connectivity index (χ4n) is 2.50. The number of aryl methyl sites for hydroxylation is 1. The lowest BCUT2D eigenvalue weighted by Crippen LogP contribution is -2.37. The average Bonchev–Trinajstić information content (AvgIpc) is 2.76. The monoisotopic (exact) mass is 264 g/mol. The first-order chi connectivity index (χ1) is 9.10. The van der Waals surface area contributed by atoms with Gasteiger partial charge in [0, 0.05) is 30.9 Å². The van der Waals surface area contributed by atoms with E-state index in [0.717, 1.165) is 24.7 Å². The zero-order valence-corrected chi connectivity index (χ0v) is 12.3. The van der Waals surface area contributed by atoms with Gasteiger partial charge in [0.25, 0.3) is 0 Å². The fraction of sp³-hybridized carbons (Fsp3) is 0.714. The van der Waals surface area contributed by atoms with Crippen molar-refractivity contribution in [3.8, 4) is 5.88 Å². The number of nitrogens with one attached hydrogen (secondary N) is 1. The summed E-state index contributed by atoms with van der Waals surface area (Å²) < 4.78 is 5.70. The Kier molecular flexibility index (Phi) is 4.58. The van der Waals surface area contributed by atoms with Gasteiger partial charge in [-0.05, 0) is 40.7 Å². The summed E-state index contributed by atoms with van der Waals surface area (Å²) in [6.45, 7) is 8.00. The minimum Gasteiger partial charge on any atom is -0.475 e. The summed E-state index contributed by atoms with van der Waals surface area (Å²) in [6.07, 6.45) is 2.52. The number of aromatic nitrogens is 2. The lowest BCUT2D eigenvalue weighted by molar-refractivity contribution is 0.232. The van der Waals surface area contributed by atoms with Crippen LogP contribution in [0.2, 0.25) is 0 Å². The maximum atomic E-state index is 5.70. The molecule has 106 valence electrons. The lowest BCUT2D eigenvalue weighted by Gasteiger charge is -2.25. The van der Waals surface area contributed by atoms with Crippen molar-refractivity contribution < 1.29 is 4.74 Å². The van der Waals surface area contributed by atoms with Gasteiger partial charge in [-0.3, -0.25) is 0 Å². The Hall–Kier alpha value is -1.36. The molecule has 1 fully saturated rings. The van der Waals surface area contributed by atoms with E-state index in [1.807, 2.05) is 33.9 Å². The van der Waals surface area contributed by atoms with Crippen molar-refractivity contribution >= 4 is 5.95 Å². The molecular formula is C14H24N4O. The van der Waals surface area contributed by atoms with Gasteiger partial charge in [0.15, 0.2) is 0 Å². The van der Waals surface area contributed by atoms with Crippen molar-refractivity contribution in [3.05, 3.63) is 11.8 Å². The molecule has 0 amide bonds. The first-order valence-corrected chi connectivity index (χ1v) is 7.03. The predicted molar refractivity (Wildman–Crippen MR) is 76.8 cm³/mol. The SMILES string of the molecule is CNCC1CCCN1c1nc(C)cc(OC(C)C)n1. The molecule has 0 saturated carbocycles. The Bertz CT molecular complexity index is 422. The van der Waals surface area contributed by atoms with Crippen LogP contribution in [0.1, 0.15) is 32.4 Å². The molecule has 1 aromatic rings. The van der Waals surface area contributed by atoms with Crippen molar-refractivity contribution in [2.45, 2.75) is 45.8 Å². The van der Waals surface area contributed by atoms with Crippen LogP contribution in [0.5, 0.6) is 5.88 Å². The maximum absolute atomic E-state index is 5.70. The number of ether oxygens (including phenoxy) is 1. The van der Waals surface area contributed by atoms with Gasteiger partial charge in [-0.25, -0.2) is 4.98 Å². The fourth-order valence-corrected chi connectivity index (χ4v) is 2.50. The van der Waals surface area contributed by atoms with Crippen LogP contribution in [0, 0.1) is 6.92 Å². The van der Waals surface area contributed by atoms with Crippen molar-refractivity contribution in [3.63, 3.8) is 0 Å². The van der Waals surface area contributed by atoms with Gasteiger partial charge in [0.1, 0.15) is 0 Å². The second-order valence-electron chi connectivity index (χ2n) is 5.36. The largest absolute Gasteiger partial charge is 0.475 e. The Morgan fingerprint density at radius 2 is 2.26 bits per heavy atom. The number of nitrogens with zero attached hydrogens (tertiary/aromatic N) is 3. The van der Waals surface area contributed by atoms with Crippen molar-refractivity contribution in [2.75, 3.05) is 25.0 Å². The van der Waals surface area contributed by atoms with E-state index in [4.69, 9.17) is 4.74 Å². The van der Waals surface area contributed by atoms with Gasteiger partial charge in [0.05, 0.1) is 6.10 Å². The van der Waals surface area contributed by atoms with Gasteiger partial charge in [-0.2, -0.15) is 4.98 Å². The molecule has 1 N–H and O–H groups in total. The van der Waals surface area contributed by atoms with Crippen LogP contribution < -0.4 is 15.0 Å². The highest BCUT2D eigenvalue weighted by Gasteiger charge is 2.26. The summed E-state index contributed by atoms with van der Waals surface area (Å²) in [5, 5.41) is 3.24. The Labute approximate surface area is 115 Å². The average molecular weight is 264 g/mol. The minimum absolute atomic E-state index is 0.133. The molecule has 0 spiro atoms. The summed E-state index contributed by atoms with van der Waals surface area (Å²) in [5.41, 5.74) is 0.954. The summed E-state index contributed by atoms with van der Waals surface area (Å²) in [4.78, 5) is 11.4. The molecule has 1 atom stereocenters. The standard InChI is InChI=1S/C14H24N4O/c1-10(2)19-13-8-11(3)16-14(17-13)18-7-5-6-12(18)9-15-4/h8,10,12,15H,5-7,9H2,1-4H3. The maximum Gasteiger partial charge on any atom is 0.229 e. The van der Waals surface area contributed by atoms with Gasteiger partial charge in [-0.1, -0.05) is 0 Å². The van der Waals surface area contributed by atoms with E-state index >= 15 is 0 Å². The van der Waals surface area contributed by atoms with Crippen molar-refractivity contribution in [2.24, 2.45) is 0 Å². The number of anilines is 1. The Morgan fingerprint density at radius 1 is 1.47 bits per heavy atom. The topological polar surface area (TPSA) is 50.3 Å². The van der Waals surface area contributed by atoms with Crippen LogP contribution in [-0.4, -0.2) is 42.3 Å². The third kappa shape index (κ3) is 3.56. The second-order valence-corrected chi connectivity index (χ2v) is 5.36. The minimum atomic E-state index is 0.133. The molecule has 0 aromatic carbocycles. The molecule has 19 heavy (non-hydrogen) atoms. The Morgan fingerprint density at radius 3 is 2.95 bits per heavy atom. The van der Waals surface area contributed by atoms with Crippen LogP contribution in [0.4, 0.5) is 5.95 Å². The van der Waals surface area contributed by atoms with Crippen LogP contribution >= 0.6 is 0 Å². The zero-order chi connectivity index (χ0) is 13.8. The van der Waals surface area contributed by atoms with E-state index in [9.17, 15) is 0 Å². The highest BCUT2D eigenvalue weighted by molar-refractivity contribution is 5.37. The molecule has 1 unspecified atom stereocenters. The molecule has 2 rings (SSSR count). The molecule has 1 aliphatic heterocycles. The second kappa shape index (κ2) is 6.19. The van der Waals surface area contributed by atoms with Crippen LogP contribution in [-0.2, 0) is 0 Å². The van der Waals surface area contributed by atoms with E-state index in [1.54, 1.807) is 0 Å². The summed E-state index contributed by atoms with van der Waals surface area (Å²) in [6, 6.07) is 2.38. The lowest BCUT2D eigenvalue weighted by atomic mass is 10.2. The smallest absolute Gasteiger partial charge is 0.229 e. The Balaban J connectivity index is 2.21. The molecule has 2 heterocycles. The molecule has 0 bridgehead atoms. The van der Waals surface area contributed by atoms with Gasteiger partial charge in [0.2, 0.25) is 11.8 Å². The highest BCUT2D eigenvalue weighted by atomic mass is 16.5. The summed E-state index contributed by atoms with van der Waals surface area (Å²) >= 11 is 0. The molecule has 5 nitrogen and oxygen atoms in total. The third-order valence-electron chi connectivity index (χ3n) is 3.25. The van der Waals surface area contributed by atoms with Gasteiger partial charge in [-0.15, -0.1) is 0 Å². The van der Waals surface area contributed by atoms with Gasteiger partial charge >= 0.3 is 0 Å². The molecule has 0 radical (unpaired) electrons. The van der Waals surface area contributed by atoms with Gasteiger partial charge < -0.3 is 15.0 Å². The number of likely N-dealkylation sites (N-methyl/N-ethyl adjacent to an activating group) is 1. The van der Waals surface area contributed by atoms with E-state index < -0.39 is 0 Å². The first-order valence-electron chi connectivity index (χ1n) is 7.03. The van der Waals surface area contributed by atoms with Crippen molar-refractivity contribution in [1.29, 1.82) is 0 Å². The van der Waals surface area contributed by atoms with Crippen LogP contribution in [0.15, 0.2) is 6.07 Å². The number of hydrogen-bond donors (Lipinski definition) is 1. The zero-order valence-electron chi connectivity index (χ0n) is 12.3. The quantitative estimate of drug-likeness (QED) is 0.878.